The second-order valence-corrected chi connectivity index (χ2v) is 8.58. The van der Waals surface area contributed by atoms with E-state index < -0.39 is 11.4 Å². The standard InChI is InChI=1S/C25H27NO4/c27-24(28)25(11-14-29-17-25)16-26-12-9-18(10-13-26)23-20-6-2-1-5-19(20)15-30-22-8-4-3-7-21(22)23/h1-8H,9-17H2,(H,27,28). The summed E-state index contributed by atoms with van der Waals surface area (Å²) in [7, 11) is 0. The first-order chi connectivity index (χ1) is 14.7. The fraction of sp³-hybridized carbons (Fsp3) is 0.400. The monoisotopic (exact) mass is 405 g/mol. The van der Waals surface area contributed by atoms with Crippen molar-refractivity contribution in [2.45, 2.75) is 25.9 Å². The molecular formula is C25H27NO4. The topological polar surface area (TPSA) is 59.0 Å². The molecule has 0 radical (unpaired) electrons. The van der Waals surface area contributed by atoms with Crippen LogP contribution >= 0.6 is 0 Å². The highest BCUT2D eigenvalue weighted by Crippen LogP contribution is 2.41. The molecule has 5 rings (SSSR count). The Morgan fingerprint density at radius 2 is 1.77 bits per heavy atom. The van der Waals surface area contributed by atoms with Gasteiger partial charge >= 0.3 is 5.97 Å². The molecule has 2 aromatic carbocycles. The van der Waals surface area contributed by atoms with Crippen molar-refractivity contribution in [2.24, 2.45) is 5.41 Å². The van der Waals surface area contributed by atoms with Gasteiger partial charge in [0, 0.05) is 31.8 Å². The number of benzene rings is 2. The van der Waals surface area contributed by atoms with E-state index >= 15 is 0 Å². The van der Waals surface area contributed by atoms with E-state index in [4.69, 9.17) is 9.47 Å². The van der Waals surface area contributed by atoms with Gasteiger partial charge in [-0.25, -0.2) is 0 Å². The van der Waals surface area contributed by atoms with Crippen LogP contribution in [-0.4, -0.2) is 48.8 Å². The smallest absolute Gasteiger partial charge is 0.313 e. The summed E-state index contributed by atoms with van der Waals surface area (Å²) in [5.41, 5.74) is 5.62. The second kappa shape index (κ2) is 7.89. The molecule has 1 N–H and O–H groups in total. The van der Waals surface area contributed by atoms with E-state index in [1.807, 2.05) is 12.1 Å². The van der Waals surface area contributed by atoms with Gasteiger partial charge < -0.3 is 19.5 Å². The van der Waals surface area contributed by atoms with E-state index in [9.17, 15) is 9.90 Å². The van der Waals surface area contributed by atoms with Crippen LogP contribution in [0.5, 0.6) is 5.75 Å². The van der Waals surface area contributed by atoms with Gasteiger partial charge in [0.25, 0.3) is 0 Å². The van der Waals surface area contributed by atoms with E-state index in [1.165, 1.54) is 22.3 Å². The van der Waals surface area contributed by atoms with Gasteiger partial charge in [-0.3, -0.25) is 4.79 Å². The molecule has 0 bridgehead atoms. The maximum absolute atomic E-state index is 11.9. The predicted octanol–water partition coefficient (Wildman–Crippen LogP) is 3.97. The minimum atomic E-state index is -0.750. The number of carboxylic acid groups (broad SMARTS) is 1. The SMILES string of the molecule is O=C(O)C1(CN2CCC(=C3c4ccccc4COc4ccccc43)CC2)CCOC1. The molecule has 0 saturated carbocycles. The van der Waals surface area contributed by atoms with Crippen LogP contribution in [0.4, 0.5) is 0 Å². The molecule has 3 aliphatic heterocycles. The molecule has 2 fully saturated rings. The Hall–Kier alpha value is -2.63. The van der Waals surface area contributed by atoms with Crippen LogP contribution in [0, 0.1) is 5.41 Å². The number of likely N-dealkylation sites (tertiary alicyclic amines) is 1. The number of para-hydroxylation sites is 1. The Balaban J connectivity index is 1.45. The Labute approximate surface area is 176 Å². The number of carbonyl (C=O) groups is 1. The summed E-state index contributed by atoms with van der Waals surface area (Å²) in [4.78, 5) is 14.2. The number of carboxylic acids is 1. The van der Waals surface area contributed by atoms with Crippen molar-refractivity contribution in [3.63, 3.8) is 0 Å². The fourth-order valence-corrected chi connectivity index (χ4v) is 5.00. The number of rotatable bonds is 3. The molecule has 1 unspecified atom stereocenters. The maximum atomic E-state index is 11.9. The summed E-state index contributed by atoms with van der Waals surface area (Å²) < 4.78 is 11.6. The summed E-state index contributed by atoms with van der Waals surface area (Å²) in [6.07, 6.45) is 2.48. The first kappa shape index (κ1) is 19.3. The van der Waals surface area contributed by atoms with Gasteiger partial charge in [-0.15, -0.1) is 0 Å². The van der Waals surface area contributed by atoms with Crippen molar-refractivity contribution in [3.05, 3.63) is 70.8 Å². The second-order valence-electron chi connectivity index (χ2n) is 8.58. The average Bonchev–Trinajstić information content (AvgIpc) is 3.18. The van der Waals surface area contributed by atoms with Gasteiger partial charge in [-0.2, -0.15) is 0 Å². The lowest BCUT2D eigenvalue weighted by Gasteiger charge is -2.35. The van der Waals surface area contributed by atoms with Crippen LogP contribution in [0.3, 0.4) is 0 Å². The number of nitrogens with zero attached hydrogens (tertiary/aromatic N) is 1. The molecule has 0 aliphatic carbocycles. The van der Waals surface area contributed by atoms with Crippen molar-refractivity contribution in [1.29, 1.82) is 0 Å². The van der Waals surface area contributed by atoms with Crippen LogP contribution in [0.15, 0.2) is 54.1 Å². The molecule has 30 heavy (non-hydrogen) atoms. The molecule has 1 atom stereocenters. The lowest BCUT2D eigenvalue weighted by Crippen LogP contribution is -2.45. The van der Waals surface area contributed by atoms with E-state index in [-0.39, 0.29) is 0 Å². The van der Waals surface area contributed by atoms with E-state index in [0.717, 1.165) is 37.2 Å². The Morgan fingerprint density at radius 3 is 2.50 bits per heavy atom. The Kier molecular flexibility index (Phi) is 5.09. The average molecular weight is 405 g/mol. The molecule has 0 aromatic heterocycles. The lowest BCUT2D eigenvalue weighted by atomic mass is 9.84. The van der Waals surface area contributed by atoms with Gasteiger partial charge in [0.2, 0.25) is 0 Å². The molecule has 0 spiro atoms. The van der Waals surface area contributed by atoms with E-state index in [1.54, 1.807) is 0 Å². The van der Waals surface area contributed by atoms with Crippen LogP contribution in [-0.2, 0) is 16.1 Å². The van der Waals surface area contributed by atoms with Gasteiger partial charge in [-0.05, 0) is 42.0 Å². The number of ether oxygens (including phenoxy) is 2. The molecule has 3 heterocycles. The number of hydrogen-bond donors (Lipinski definition) is 1. The van der Waals surface area contributed by atoms with Gasteiger partial charge in [0.1, 0.15) is 17.8 Å². The third kappa shape index (κ3) is 3.42. The fourth-order valence-electron chi connectivity index (χ4n) is 5.00. The summed E-state index contributed by atoms with van der Waals surface area (Å²) in [5, 5.41) is 9.77. The zero-order valence-electron chi connectivity index (χ0n) is 17.1. The van der Waals surface area contributed by atoms with Crippen molar-refractivity contribution < 1.29 is 19.4 Å². The quantitative estimate of drug-likeness (QED) is 0.837. The highest BCUT2D eigenvalue weighted by atomic mass is 16.5. The third-order valence-electron chi connectivity index (χ3n) is 6.72. The van der Waals surface area contributed by atoms with Gasteiger partial charge in [0.05, 0.1) is 6.61 Å². The Morgan fingerprint density at radius 1 is 1.03 bits per heavy atom. The number of hydrogen-bond acceptors (Lipinski definition) is 4. The third-order valence-corrected chi connectivity index (χ3v) is 6.72. The van der Waals surface area contributed by atoms with Gasteiger partial charge in [0.15, 0.2) is 0 Å². The highest BCUT2D eigenvalue weighted by molar-refractivity contribution is 5.87. The predicted molar refractivity (Wildman–Crippen MR) is 114 cm³/mol. The first-order valence-corrected chi connectivity index (χ1v) is 10.7. The molecule has 2 aromatic rings. The molecule has 3 aliphatic rings. The molecule has 156 valence electrons. The molecule has 5 heteroatoms. The molecular weight excluding hydrogens is 378 g/mol. The zero-order valence-corrected chi connectivity index (χ0v) is 17.1. The highest BCUT2D eigenvalue weighted by Gasteiger charge is 2.44. The molecule has 5 nitrogen and oxygen atoms in total. The van der Waals surface area contributed by atoms with Crippen molar-refractivity contribution >= 4 is 11.5 Å². The van der Waals surface area contributed by atoms with Gasteiger partial charge in [-0.1, -0.05) is 48.0 Å². The first-order valence-electron chi connectivity index (χ1n) is 10.7. The summed E-state index contributed by atoms with van der Waals surface area (Å²) >= 11 is 0. The summed E-state index contributed by atoms with van der Waals surface area (Å²) in [5.74, 6) is 0.208. The number of fused-ring (bicyclic) bond motifs is 2. The Bertz CT molecular complexity index is 931. The van der Waals surface area contributed by atoms with Crippen LogP contribution in [0.2, 0.25) is 0 Å². The largest absolute Gasteiger partial charge is 0.488 e. The molecule has 0 amide bonds. The van der Waals surface area contributed by atoms with Crippen LogP contribution < -0.4 is 4.74 Å². The minimum Gasteiger partial charge on any atom is -0.488 e. The van der Waals surface area contributed by atoms with Crippen molar-refractivity contribution in [1.82, 2.24) is 4.90 Å². The number of piperidine rings is 1. The molecule has 2 saturated heterocycles. The van der Waals surface area contributed by atoms with E-state index in [0.29, 0.717) is 32.8 Å². The summed E-state index contributed by atoms with van der Waals surface area (Å²) in [6, 6.07) is 16.8. The normalized spacial score (nSPS) is 24.0. The van der Waals surface area contributed by atoms with Crippen molar-refractivity contribution in [3.8, 4) is 5.75 Å². The summed E-state index contributed by atoms with van der Waals surface area (Å²) in [6.45, 7) is 3.77. The number of aliphatic carboxylic acids is 1. The lowest BCUT2D eigenvalue weighted by molar-refractivity contribution is -0.150. The van der Waals surface area contributed by atoms with Crippen LogP contribution in [0.1, 0.15) is 36.0 Å². The van der Waals surface area contributed by atoms with Crippen LogP contribution in [0.25, 0.3) is 5.57 Å². The minimum absolute atomic E-state index is 0.324. The maximum Gasteiger partial charge on any atom is 0.313 e. The zero-order chi connectivity index (χ0) is 20.6. The van der Waals surface area contributed by atoms with E-state index in [2.05, 4.69) is 41.3 Å². The van der Waals surface area contributed by atoms with Crippen molar-refractivity contribution in [2.75, 3.05) is 32.8 Å².